The van der Waals surface area contributed by atoms with Crippen LogP contribution >= 0.6 is 11.8 Å². The normalized spacial score (nSPS) is 15.7. The predicted molar refractivity (Wildman–Crippen MR) is 70.6 cm³/mol. The standard InChI is InChI=1S/C13H17NO2S/c1-16-12-4-2-11(3-5-12)10-13(15)14-6-8-17-9-7-14/h2-5H,6-10H2,1H3. The lowest BCUT2D eigenvalue weighted by Gasteiger charge is -2.26. The molecule has 0 aromatic heterocycles. The number of rotatable bonds is 3. The maximum atomic E-state index is 12.0. The number of nitrogens with zero attached hydrogens (tertiary/aromatic N) is 1. The van der Waals surface area contributed by atoms with Gasteiger partial charge in [-0.2, -0.15) is 11.8 Å². The summed E-state index contributed by atoms with van der Waals surface area (Å²) in [5.41, 5.74) is 1.05. The molecule has 17 heavy (non-hydrogen) atoms. The number of hydrogen-bond donors (Lipinski definition) is 0. The second-order valence-corrected chi connectivity index (χ2v) is 5.24. The quantitative estimate of drug-likeness (QED) is 0.820. The summed E-state index contributed by atoms with van der Waals surface area (Å²) in [6.45, 7) is 1.78. The van der Waals surface area contributed by atoms with Crippen molar-refractivity contribution in [1.82, 2.24) is 4.90 Å². The molecule has 0 bridgehead atoms. The number of ether oxygens (including phenoxy) is 1. The van der Waals surface area contributed by atoms with Gasteiger partial charge in [0.25, 0.3) is 0 Å². The molecule has 1 fully saturated rings. The minimum Gasteiger partial charge on any atom is -0.497 e. The van der Waals surface area contributed by atoms with Crippen LogP contribution in [-0.2, 0) is 11.2 Å². The molecule has 0 aliphatic carbocycles. The number of carbonyl (C=O) groups is 1. The first-order valence-electron chi connectivity index (χ1n) is 5.78. The van der Waals surface area contributed by atoms with E-state index in [9.17, 15) is 4.79 Å². The SMILES string of the molecule is COc1ccc(CC(=O)N2CCSCC2)cc1. The highest BCUT2D eigenvalue weighted by Gasteiger charge is 2.16. The van der Waals surface area contributed by atoms with Gasteiger partial charge in [0.05, 0.1) is 13.5 Å². The molecule has 1 saturated heterocycles. The molecule has 0 unspecified atom stereocenters. The monoisotopic (exact) mass is 251 g/mol. The largest absolute Gasteiger partial charge is 0.497 e. The number of methoxy groups -OCH3 is 1. The Kier molecular flexibility index (Phi) is 4.31. The lowest BCUT2D eigenvalue weighted by molar-refractivity contribution is -0.130. The maximum absolute atomic E-state index is 12.0. The minimum atomic E-state index is 0.232. The third-order valence-corrected chi connectivity index (χ3v) is 3.82. The van der Waals surface area contributed by atoms with Crippen molar-refractivity contribution in [3.05, 3.63) is 29.8 Å². The zero-order chi connectivity index (χ0) is 12.1. The minimum absolute atomic E-state index is 0.232. The molecular weight excluding hydrogens is 234 g/mol. The summed E-state index contributed by atoms with van der Waals surface area (Å²) in [4.78, 5) is 14.0. The highest BCUT2D eigenvalue weighted by Crippen LogP contribution is 2.14. The fraction of sp³-hybridized carbons (Fsp3) is 0.462. The molecule has 3 nitrogen and oxygen atoms in total. The number of carbonyl (C=O) groups excluding carboxylic acids is 1. The van der Waals surface area contributed by atoms with Gasteiger partial charge in [-0.1, -0.05) is 12.1 Å². The number of thioether (sulfide) groups is 1. The van der Waals surface area contributed by atoms with Gasteiger partial charge in [0, 0.05) is 24.6 Å². The summed E-state index contributed by atoms with van der Waals surface area (Å²) >= 11 is 1.92. The van der Waals surface area contributed by atoms with Gasteiger partial charge >= 0.3 is 0 Å². The molecule has 1 amide bonds. The fourth-order valence-corrected chi connectivity index (χ4v) is 2.75. The highest BCUT2D eigenvalue weighted by atomic mass is 32.2. The van der Waals surface area contributed by atoms with Crippen LogP contribution < -0.4 is 4.74 Å². The topological polar surface area (TPSA) is 29.5 Å². The molecule has 0 spiro atoms. The van der Waals surface area contributed by atoms with E-state index in [0.717, 1.165) is 35.9 Å². The Morgan fingerprint density at radius 2 is 1.94 bits per heavy atom. The lowest BCUT2D eigenvalue weighted by atomic mass is 10.1. The van der Waals surface area contributed by atoms with Crippen LogP contribution in [0.1, 0.15) is 5.56 Å². The van der Waals surface area contributed by atoms with E-state index in [1.807, 2.05) is 40.9 Å². The van der Waals surface area contributed by atoms with Crippen LogP contribution in [-0.4, -0.2) is 42.5 Å². The lowest BCUT2D eigenvalue weighted by Crippen LogP contribution is -2.38. The third kappa shape index (κ3) is 3.40. The van der Waals surface area contributed by atoms with E-state index in [1.54, 1.807) is 7.11 Å². The molecule has 92 valence electrons. The van der Waals surface area contributed by atoms with Gasteiger partial charge in [-0.15, -0.1) is 0 Å². The van der Waals surface area contributed by atoms with Crippen LogP contribution in [0.4, 0.5) is 0 Å². The average Bonchev–Trinajstić information content (AvgIpc) is 2.40. The van der Waals surface area contributed by atoms with E-state index < -0.39 is 0 Å². The Hall–Kier alpha value is -1.16. The summed E-state index contributed by atoms with van der Waals surface area (Å²) in [6, 6.07) is 7.70. The Balaban J connectivity index is 1.92. The second-order valence-electron chi connectivity index (χ2n) is 4.02. The van der Waals surface area contributed by atoms with Gasteiger partial charge in [-0.25, -0.2) is 0 Å². The Bertz CT molecular complexity index is 372. The summed E-state index contributed by atoms with van der Waals surface area (Å²) < 4.78 is 5.09. The average molecular weight is 251 g/mol. The van der Waals surface area contributed by atoms with Crippen molar-refractivity contribution in [2.24, 2.45) is 0 Å². The van der Waals surface area contributed by atoms with Crippen LogP contribution in [0.5, 0.6) is 5.75 Å². The van der Waals surface area contributed by atoms with Crippen LogP contribution in [0.15, 0.2) is 24.3 Å². The molecule has 1 heterocycles. The van der Waals surface area contributed by atoms with Gasteiger partial charge in [0.15, 0.2) is 0 Å². The van der Waals surface area contributed by atoms with Crippen molar-refractivity contribution < 1.29 is 9.53 Å². The molecule has 1 aromatic rings. The molecule has 1 aliphatic rings. The highest BCUT2D eigenvalue weighted by molar-refractivity contribution is 7.99. The number of hydrogen-bond acceptors (Lipinski definition) is 3. The van der Waals surface area contributed by atoms with E-state index in [4.69, 9.17) is 4.74 Å². The number of amides is 1. The molecule has 0 atom stereocenters. The smallest absolute Gasteiger partial charge is 0.227 e. The predicted octanol–water partition coefficient (Wildman–Crippen LogP) is 1.81. The van der Waals surface area contributed by atoms with E-state index >= 15 is 0 Å². The summed E-state index contributed by atoms with van der Waals surface area (Å²) in [6.07, 6.45) is 0.495. The molecule has 2 rings (SSSR count). The summed E-state index contributed by atoms with van der Waals surface area (Å²) in [7, 11) is 1.64. The molecule has 1 aromatic carbocycles. The third-order valence-electron chi connectivity index (χ3n) is 2.88. The Morgan fingerprint density at radius 1 is 1.29 bits per heavy atom. The summed E-state index contributed by atoms with van der Waals surface area (Å²) in [5, 5.41) is 0. The van der Waals surface area contributed by atoms with Crippen molar-refractivity contribution in [2.45, 2.75) is 6.42 Å². The molecular formula is C13H17NO2S. The molecule has 0 radical (unpaired) electrons. The van der Waals surface area contributed by atoms with Crippen molar-refractivity contribution in [3.8, 4) is 5.75 Å². The second kappa shape index (κ2) is 5.96. The van der Waals surface area contributed by atoms with Crippen molar-refractivity contribution in [1.29, 1.82) is 0 Å². The van der Waals surface area contributed by atoms with E-state index in [1.165, 1.54) is 0 Å². The van der Waals surface area contributed by atoms with Crippen molar-refractivity contribution in [2.75, 3.05) is 31.7 Å². The maximum Gasteiger partial charge on any atom is 0.227 e. The first-order valence-corrected chi connectivity index (χ1v) is 6.93. The zero-order valence-electron chi connectivity index (χ0n) is 10.0. The zero-order valence-corrected chi connectivity index (χ0v) is 10.8. The summed E-state index contributed by atoms with van der Waals surface area (Å²) in [5.74, 6) is 3.19. The van der Waals surface area contributed by atoms with Crippen molar-refractivity contribution >= 4 is 17.7 Å². The van der Waals surface area contributed by atoms with Crippen LogP contribution in [0, 0.1) is 0 Å². The number of benzene rings is 1. The first kappa shape index (κ1) is 12.3. The van der Waals surface area contributed by atoms with Gasteiger partial charge < -0.3 is 9.64 Å². The van der Waals surface area contributed by atoms with E-state index in [0.29, 0.717) is 6.42 Å². The van der Waals surface area contributed by atoms with Crippen LogP contribution in [0.25, 0.3) is 0 Å². The van der Waals surface area contributed by atoms with E-state index in [2.05, 4.69) is 0 Å². The first-order chi connectivity index (χ1) is 8.29. The van der Waals surface area contributed by atoms with Gasteiger partial charge in [0.2, 0.25) is 5.91 Å². The molecule has 0 saturated carbocycles. The van der Waals surface area contributed by atoms with Gasteiger partial charge in [0.1, 0.15) is 5.75 Å². The van der Waals surface area contributed by atoms with Crippen LogP contribution in [0.3, 0.4) is 0 Å². The van der Waals surface area contributed by atoms with Crippen LogP contribution in [0.2, 0.25) is 0 Å². The Labute approximate surface area is 106 Å². The molecule has 0 N–H and O–H groups in total. The van der Waals surface area contributed by atoms with E-state index in [-0.39, 0.29) is 5.91 Å². The Morgan fingerprint density at radius 3 is 2.53 bits per heavy atom. The fourth-order valence-electron chi connectivity index (χ4n) is 1.84. The van der Waals surface area contributed by atoms with Crippen molar-refractivity contribution in [3.63, 3.8) is 0 Å². The molecule has 1 aliphatic heterocycles. The molecule has 4 heteroatoms. The van der Waals surface area contributed by atoms with Gasteiger partial charge in [-0.05, 0) is 17.7 Å². The van der Waals surface area contributed by atoms with Gasteiger partial charge in [-0.3, -0.25) is 4.79 Å².